The Balaban J connectivity index is 1.43. The van der Waals surface area contributed by atoms with Crippen molar-refractivity contribution in [1.29, 1.82) is 0 Å². The predicted octanol–water partition coefficient (Wildman–Crippen LogP) is 3.42. The lowest BCUT2D eigenvalue weighted by Gasteiger charge is -2.27. The van der Waals surface area contributed by atoms with Gasteiger partial charge in [-0.1, -0.05) is 48.4 Å². The Bertz CT molecular complexity index is 828. The Labute approximate surface area is 173 Å². The molecular formula is C24H31N3O2. The number of amides is 2. The van der Waals surface area contributed by atoms with Crippen LogP contribution in [0.5, 0.6) is 0 Å². The summed E-state index contributed by atoms with van der Waals surface area (Å²) in [6, 6.07) is 15.7. The highest BCUT2D eigenvalue weighted by molar-refractivity contribution is 5.94. The molecule has 29 heavy (non-hydrogen) atoms. The second-order valence-electron chi connectivity index (χ2n) is 7.76. The number of rotatable bonds is 8. The third kappa shape index (κ3) is 6.71. The van der Waals surface area contributed by atoms with Gasteiger partial charge in [0.25, 0.3) is 5.91 Å². The molecule has 2 N–H and O–H groups in total. The number of nitrogens with one attached hydrogen (secondary N) is 2. The lowest BCUT2D eigenvalue weighted by Crippen LogP contribution is -2.31. The molecule has 0 saturated carbocycles. The minimum Gasteiger partial charge on any atom is -0.352 e. The first-order valence-corrected chi connectivity index (χ1v) is 10.5. The van der Waals surface area contributed by atoms with Crippen molar-refractivity contribution in [1.82, 2.24) is 15.5 Å². The van der Waals surface area contributed by atoms with E-state index in [2.05, 4.69) is 33.7 Å². The summed E-state index contributed by atoms with van der Waals surface area (Å²) >= 11 is 0. The number of nitrogens with zero attached hydrogens (tertiary/aromatic N) is 1. The first-order chi connectivity index (χ1) is 14.1. The number of carbonyl (C=O) groups is 2. The minimum absolute atomic E-state index is 0.0534. The largest absolute Gasteiger partial charge is 0.352 e. The van der Waals surface area contributed by atoms with Crippen molar-refractivity contribution >= 4 is 11.8 Å². The van der Waals surface area contributed by atoms with Gasteiger partial charge < -0.3 is 10.6 Å². The molecule has 2 aromatic rings. The molecular weight excluding hydrogens is 362 g/mol. The Morgan fingerprint density at radius 2 is 1.69 bits per heavy atom. The molecule has 0 radical (unpaired) electrons. The van der Waals surface area contributed by atoms with Gasteiger partial charge in [-0.2, -0.15) is 0 Å². The van der Waals surface area contributed by atoms with Gasteiger partial charge >= 0.3 is 0 Å². The van der Waals surface area contributed by atoms with E-state index in [0.29, 0.717) is 18.7 Å². The number of benzene rings is 2. The summed E-state index contributed by atoms with van der Waals surface area (Å²) in [4.78, 5) is 26.9. The van der Waals surface area contributed by atoms with E-state index in [9.17, 15) is 9.59 Å². The number of hydrogen-bond donors (Lipinski definition) is 2. The van der Waals surface area contributed by atoms with Crippen molar-refractivity contribution < 1.29 is 9.59 Å². The van der Waals surface area contributed by atoms with Crippen LogP contribution in [0, 0.1) is 6.92 Å². The van der Waals surface area contributed by atoms with Crippen LogP contribution in [0.2, 0.25) is 0 Å². The molecule has 154 valence electrons. The molecule has 2 aromatic carbocycles. The summed E-state index contributed by atoms with van der Waals surface area (Å²) in [7, 11) is 0. The highest BCUT2D eigenvalue weighted by atomic mass is 16.2. The first kappa shape index (κ1) is 21.1. The Hall–Kier alpha value is -2.66. The van der Waals surface area contributed by atoms with Gasteiger partial charge in [0.15, 0.2) is 0 Å². The van der Waals surface area contributed by atoms with E-state index in [1.165, 1.54) is 24.8 Å². The predicted molar refractivity (Wildman–Crippen MR) is 116 cm³/mol. The van der Waals surface area contributed by atoms with Crippen molar-refractivity contribution in [2.45, 2.75) is 45.7 Å². The lowest BCUT2D eigenvalue weighted by atomic mass is 10.0. The molecule has 5 nitrogen and oxygen atoms in total. The van der Waals surface area contributed by atoms with Crippen molar-refractivity contribution in [3.8, 4) is 0 Å². The third-order valence-electron chi connectivity index (χ3n) is 5.35. The molecule has 2 amide bonds. The van der Waals surface area contributed by atoms with Gasteiger partial charge in [0.2, 0.25) is 5.91 Å². The molecule has 0 aliphatic carbocycles. The van der Waals surface area contributed by atoms with Crippen LogP contribution < -0.4 is 10.6 Å². The van der Waals surface area contributed by atoms with Crippen LogP contribution in [0.3, 0.4) is 0 Å². The topological polar surface area (TPSA) is 61.4 Å². The molecule has 3 rings (SSSR count). The van der Waals surface area contributed by atoms with E-state index < -0.39 is 0 Å². The lowest BCUT2D eigenvalue weighted by molar-refractivity contribution is -0.121. The maximum absolute atomic E-state index is 12.2. The molecule has 0 atom stereocenters. The average Bonchev–Trinajstić information content (AvgIpc) is 2.74. The Kier molecular flexibility index (Phi) is 7.82. The zero-order valence-corrected chi connectivity index (χ0v) is 17.2. The SMILES string of the molecule is Cc1cccc(C(=O)NCCC(=O)NCc2ccccc2CN2CCCCC2)c1. The molecule has 1 fully saturated rings. The van der Waals surface area contributed by atoms with Gasteiger partial charge in [0, 0.05) is 31.6 Å². The van der Waals surface area contributed by atoms with Crippen LogP contribution in [0.25, 0.3) is 0 Å². The van der Waals surface area contributed by atoms with E-state index in [-0.39, 0.29) is 18.2 Å². The summed E-state index contributed by atoms with van der Waals surface area (Å²) in [5, 5.41) is 5.80. The normalized spacial score (nSPS) is 14.4. The number of likely N-dealkylation sites (tertiary alicyclic amines) is 1. The summed E-state index contributed by atoms with van der Waals surface area (Å²) in [6.07, 6.45) is 4.14. The average molecular weight is 394 g/mol. The van der Waals surface area contributed by atoms with Crippen molar-refractivity contribution in [3.05, 3.63) is 70.8 Å². The summed E-state index contributed by atoms with van der Waals surface area (Å²) in [5.41, 5.74) is 4.10. The number of aryl methyl sites for hydroxylation is 1. The monoisotopic (exact) mass is 393 g/mol. The van der Waals surface area contributed by atoms with E-state index in [1.54, 1.807) is 6.07 Å². The van der Waals surface area contributed by atoms with E-state index in [4.69, 9.17) is 0 Å². The minimum atomic E-state index is -0.145. The maximum atomic E-state index is 12.2. The fourth-order valence-electron chi connectivity index (χ4n) is 3.70. The molecule has 1 aliphatic heterocycles. The third-order valence-corrected chi connectivity index (χ3v) is 5.35. The van der Waals surface area contributed by atoms with Gasteiger partial charge in [-0.05, 0) is 56.1 Å². The zero-order valence-electron chi connectivity index (χ0n) is 17.2. The molecule has 0 bridgehead atoms. The zero-order chi connectivity index (χ0) is 20.5. The fourth-order valence-corrected chi connectivity index (χ4v) is 3.70. The van der Waals surface area contributed by atoms with Crippen LogP contribution in [0.15, 0.2) is 48.5 Å². The summed E-state index contributed by atoms with van der Waals surface area (Å²) < 4.78 is 0. The molecule has 5 heteroatoms. The molecule has 1 saturated heterocycles. The van der Waals surface area contributed by atoms with Crippen molar-refractivity contribution in [3.63, 3.8) is 0 Å². The second-order valence-corrected chi connectivity index (χ2v) is 7.76. The van der Waals surface area contributed by atoms with Crippen LogP contribution in [-0.2, 0) is 17.9 Å². The summed E-state index contributed by atoms with van der Waals surface area (Å²) in [6.45, 7) is 6.05. The second kappa shape index (κ2) is 10.8. The number of carbonyl (C=O) groups excluding carboxylic acids is 2. The molecule has 1 heterocycles. The van der Waals surface area contributed by atoms with E-state index in [1.807, 2.05) is 31.2 Å². The van der Waals surface area contributed by atoms with Crippen molar-refractivity contribution in [2.24, 2.45) is 0 Å². The van der Waals surface area contributed by atoms with Gasteiger partial charge in [0.05, 0.1) is 0 Å². The van der Waals surface area contributed by atoms with Gasteiger partial charge in [0.1, 0.15) is 0 Å². The Morgan fingerprint density at radius 3 is 2.45 bits per heavy atom. The number of hydrogen-bond acceptors (Lipinski definition) is 3. The maximum Gasteiger partial charge on any atom is 0.251 e. The van der Waals surface area contributed by atoms with Crippen LogP contribution in [-0.4, -0.2) is 36.3 Å². The highest BCUT2D eigenvalue weighted by Crippen LogP contribution is 2.16. The molecule has 0 spiro atoms. The molecule has 0 aromatic heterocycles. The van der Waals surface area contributed by atoms with Gasteiger partial charge in [-0.25, -0.2) is 0 Å². The molecule has 0 unspecified atom stereocenters. The van der Waals surface area contributed by atoms with Crippen molar-refractivity contribution in [2.75, 3.05) is 19.6 Å². The van der Waals surface area contributed by atoms with E-state index in [0.717, 1.165) is 30.8 Å². The standard InChI is InChI=1S/C24H31N3O2/c1-19-8-7-11-20(16-19)24(29)25-13-12-23(28)26-17-21-9-3-4-10-22(21)18-27-14-5-2-6-15-27/h3-4,7-11,16H,2,5-6,12-15,17-18H2,1H3,(H,25,29)(H,26,28). The Morgan fingerprint density at radius 1 is 0.931 bits per heavy atom. The van der Waals surface area contributed by atoms with Gasteiger partial charge in [-0.3, -0.25) is 14.5 Å². The van der Waals surface area contributed by atoms with Crippen LogP contribution in [0.1, 0.15) is 52.7 Å². The smallest absolute Gasteiger partial charge is 0.251 e. The van der Waals surface area contributed by atoms with Gasteiger partial charge in [-0.15, -0.1) is 0 Å². The first-order valence-electron chi connectivity index (χ1n) is 10.5. The highest BCUT2D eigenvalue weighted by Gasteiger charge is 2.13. The fraction of sp³-hybridized carbons (Fsp3) is 0.417. The quantitative estimate of drug-likeness (QED) is 0.722. The molecule has 1 aliphatic rings. The van der Waals surface area contributed by atoms with Crippen LogP contribution >= 0.6 is 0 Å². The van der Waals surface area contributed by atoms with Crippen LogP contribution in [0.4, 0.5) is 0 Å². The van der Waals surface area contributed by atoms with E-state index >= 15 is 0 Å². The summed E-state index contributed by atoms with van der Waals surface area (Å²) in [5.74, 6) is -0.198. The number of piperidine rings is 1.